The molecular weight excluding hydrogens is 295 g/mol. The summed E-state index contributed by atoms with van der Waals surface area (Å²) in [4.78, 5) is 14.2. The number of piperidine rings is 1. The second-order valence-electron chi connectivity index (χ2n) is 6.78. The number of nitrogens with zero attached hydrogens (tertiary/aromatic N) is 1. The molecule has 1 N–H and O–H groups in total. The number of rotatable bonds is 5. The first-order valence-electron chi connectivity index (χ1n) is 8.43. The summed E-state index contributed by atoms with van der Waals surface area (Å²) in [6.45, 7) is 4.46. The van der Waals surface area contributed by atoms with E-state index in [4.69, 9.17) is 4.74 Å². The highest BCUT2D eigenvalue weighted by Gasteiger charge is 2.36. The fourth-order valence-electron chi connectivity index (χ4n) is 3.31. The molecule has 1 aromatic rings. The maximum Gasteiger partial charge on any atom is 0.225 e. The Morgan fingerprint density at radius 3 is 2.78 bits per heavy atom. The Hall–Kier alpha value is -1.62. The fourth-order valence-corrected chi connectivity index (χ4v) is 3.31. The van der Waals surface area contributed by atoms with Crippen LogP contribution >= 0.6 is 0 Å². The molecule has 0 spiro atoms. The SMILES string of the molecule is COc1ccc(CNC2CCN(C(=O)C3CC3)CC2C)cc1F. The van der Waals surface area contributed by atoms with Gasteiger partial charge in [0.2, 0.25) is 5.91 Å². The summed E-state index contributed by atoms with van der Waals surface area (Å²) in [6, 6.07) is 5.42. The van der Waals surface area contributed by atoms with Crippen LogP contribution in [0.1, 0.15) is 31.7 Å². The van der Waals surface area contributed by atoms with Crippen molar-refractivity contribution in [2.24, 2.45) is 11.8 Å². The fraction of sp³-hybridized carbons (Fsp3) is 0.611. The van der Waals surface area contributed by atoms with E-state index in [0.29, 0.717) is 30.3 Å². The van der Waals surface area contributed by atoms with Crippen LogP contribution in [0.25, 0.3) is 0 Å². The standard InChI is InChI=1S/C18H25FN2O2/c1-12-11-21(18(22)14-4-5-14)8-7-16(12)20-10-13-3-6-17(23-2)15(19)9-13/h3,6,9,12,14,16,20H,4-5,7-8,10-11H2,1-2H3. The van der Waals surface area contributed by atoms with Crippen LogP contribution in [0.5, 0.6) is 5.75 Å². The highest BCUT2D eigenvalue weighted by atomic mass is 19.1. The van der Waals surface area contributed by atoms with E-state index in [0.717, 1.165) is 37.9 Å². The molecule has 126 valence electrons. The molecule has 4 nitrogen and oxygen atoms in total. The molecule has 1 saturated carbocycles. The number of carbonyl (C=O) groups is 1. The molecule has 1 heterocycles. The van der Waals surface area contributed by atoms with Gasteiger partial charge < -0.3 is 15.0 Å². The Labute approximate surface area is 137 Å². The topological polar surface area (TPSA) is 41.6 Å². The van der Waals surface area contributed by atoms with Gasteiger partial charge in [-0.1, -0.05) is 13.0 Å². The number of halogens is 1. The van der Waals surface area contributed by atoms with E-state index >= 15 is 0 Å². The van der Waals surface area contributed by atoms with Crippen molar-refractivity contribution < 1.29 is 13.9 Å². The zero-order valence-corrected chi connectivity index (χ0v) is 13.8. The first-order chi connectivity index (χ1) is 11.1. The maximum atomic E-state index is 13.7. The highest BCUT2D eigenvalue weighted by molar-refractivity contribution is 5.81. The van der Waals surface area contributed by atoms with E-state index in [2.05, 4.69) is 12.2 Å². The number of hydrogen-bond acceptors (Lipinski definition) is 3. The molecule has 2 unspecified atom stereocenters. The molecule has 1 aliphatic heterocycles. The molecular formula is C18H25FN2O2. The zero-order valence-electron chi connectivity index (χ0n) is 13.8. The van der Waals surface area contributed by atoms with Crippen LogP contribution in [0, 0.1) is 17.7 Å². The summed E-state index contributed by atoms with van der Waals surface area (Å²) in [5.41, 5.74) is 0.909. The van der Waals surface area contributed by atoms with Gasteiger partial charge in [0, 0.05) is 31.6 Å². The summed E-state index contributed by atoms with van der Waals surface area (Å²) in [5.74, 6) is 0.995. The lowest BCUT2D eigenvalue weighted by atomic mass is 9.93. The predicted octanol–water partition coefficient (Wildman–Crippen LogP) is 2.57. The molecule has 2 aliphatic rings. The Kier molecular flexibility index (Phi) is 4.85. The number of ether oxygens (including phenoxy) is 1. The smallest absolute Gasteiger partial charge is 0.225 e. The van der Waals surface area contributed by atoms with Gasteiger partial charge in [0.15, 0.2) is 11.6 Å². The molecule has 3 rings (SSSR count). The van der Waals surface area contributed by atoms with Crippen molar-refractivity contribution in [2.45, 2.75) is 38.8 Å². The minimum absolute atomic E-state index is 0.272. The number of methoxy groups -OCH3 is 1. The van der Waals surface area contributed by atoms with Crippen LogP contribution in [0.4, 0.5) is 4.39 Å². The molecule has 5 heteroatoms. The summed E-state index contributed by atoms with van der Waals surface area (Å²) < 4.78 is 18.7. The number of benzene rings is 1. The Bertz CT molecular complexity index is 574. The third-order valence-corrected chi connectivity index (χ3v) is 4.93. The molecule has 1 amide bonds. The van der Waals surface area contributed by atoms with Crippen molar-refractivity contribution in [3.8, 4) is 5.75 Å². The van der Waals surface area contributed by atoms with E-state index in [1.165, 1.54) is 13.2 Å². The van der Waals surface area contributed by atoms with Gasteiger partial charge in [-0.15, -0.1) is 0 Å². The summed E-state index contributed by atoms with van der Waals surface area (Å²) in [5, 5.41) is 3.51. The lowest BCUT2D eigenvalue weighted by Gasteiger charge is -2.37. The van der Waals surface area contributed by atoms with Crippen LogP contribution in [-0.2, 0) is 11.3 Å². The van der Waals surface area contributed by atoms with Gasteiger partial charge in [-0.2, -0.15) is 0 Å². The van der Waals surface area contributed by atoms with Crippen LogP contribution in [0.3, 0.4) is 0 Å². The third-order valence-electron chi connectivity index (χ3n) is 4.93. The molecule has 1 saturated heterocycles. The minimum Gasteiger partial charge on any atom is -0.494 e. The van der Waals surface area contributed by atoms with Crippen LogP contribution in [-0.4, -0.2) is 37.0 Å². The van der Waals surface area contributed by atoms with Gasteiger partial charge in [0.1, 0.15) is 0 Å². The quantitative estimate of drug-likeness (QED) is 0.906. The number of likely N-dealkylation sites (tertiary alicyclic amines) is 1. The zero-order chi connectivity index (χ0) is 16.4. The number of hydrogen-bond donors (Lipinski definition) is 1. The van der Waals surface area contributed by atoms with Gasteiger partial charge in [0.25, 0.3) is 0 Å². The van der Waals surface area contributed by atoms with Crippen molar-refractivity contribution in [1.29, 1.82) is 0 Å². The lowest BCUT2D eigenvalue weighted by Crippen LogP contribution is -2.50. The lowest BCUT2D eigenvalue weighted by molar-refractivity contribution is -0.134. The first-order valence-corrected chi connectivity index (χ1v) is 8.43. The largest absolute Gasteiger partial charge is 0.494 e. The second-order valence-corrected chi connectivity index (χ2v) is 6.78. The maximum absolute atomic E-state index is 13.7. The second kappa shape index (κ2) is 6.87. The highest BCUT2D eigenvalue weighted by Crippen LogP contribution is 2.32. The third kappa shape index (κ3) is 3.83. The average Bonchev–Trinajstić information content (AvgIpc) is 3.38. The van der Waals surface area contributed by atoms with Crippen molar-refractivity contribution in [1.82, 2.24) is 10.2 Å². The van der Waals surface area contributed by atoms with Gasteiger partial charge in [-0.25, -0.2) is 4.39 Å². The van der Waals surface area contributed by atoms with Gasteiger partial charge in [-0.3, -0.25) is 4.79 Å². The van der Waals surface area contributed by atoms with Crippen LogP contribution in [0.15, 0.2) is 18.2 Å². The molecule has 0 bridgehead atoms. The summed E-state index contributed by atoms with van der Waals surface area (Å²) in [7, 11) is 1.47. The van der Waals surface area contributed by atoms with Crippen molar-refractivity contribution in [3.63, 3.8) is 0 Å². The van der Waals surface area contributed by atoms with Gasteiger partial charge in [-0.05, 0) is 42.9 Å². The molecule has 1 aliphatic carbocycles. The first kappa shape index (κ1) is 16.2. The molecule has 23 heavy (non-hydrogen) atoms. The normalized spacial score (nSPS) is 24.6. The van der Waals surface area contributed by atoms with E-state index in [1.807, 2.05) is 11.0 Å². The minimum atomic E-state index is -0.329. The Morgan fingerprint density at radius 1 is 1.39 bits per heavy atom. The van der Waals surface area contributed by atoms with E-state index in [-0.39, 0.29) is 11.6 Å². The van der Waals surface area contributed by atoms with Crippen LogP contribution < -0.4 is 10.1 Å². The molecule has 2 atom stereocenters. The summed E-state index contributed by atoms with van der Waals surface area (Å²) in [6.07, 6.45) is 3.08. The van der Waals surface area contributed by atoms with Crippen molar-refractivity contribution in [3.05, 3.63) is 29.6 Å². The number of carbonyl (C=O) groups excluding carboxylic acids is 1. The average molecular weight is 320 g/mol. The number of nitrogens with one attached hydrogen (secondary N) is 1. The monoisotopic (exact) mass is 320 g/mol. The van der Waals surface area contributed by atoms with Crippen molar-refractivity contribution >= 4 is 5.91 Å². The van der Waals surface area contributed by atoms with Gasteiger partial charge in [0.05, 0.1) is 7.11 Å². The van der Waals surface area contributed by atoms with E-state index in [1.54, 1.807) is 6.07 Å². The predicted molar refractivity (Wildman–Crippen MR) is 86.7 cm³/mol. The Morgan fingerprint density at radius 2 is 2.17 bits per heavy atom. The van der Waals surface area contributed by atoms with Crippen molar-refractivity contribution in [2.75, 3.05) is 20.2 Å². The van der Waals surface area contributed by atoms with Gasteiger partial charge >= 0.3 is 0 Å². The summed E-state index contributed by atoms with van der Waals surface area (Å²) >= 11 is 0. The molecule has 0 aromatic heterocycles. The molecule has 2 fully saturated rings. The molecule has 1 aromatic carbocycles. The van der Waals surface area contributed by atoms with E-state index in [9.17, 15) is 9.18 Å². The Balaban J connectivity index is 1.51. The number of amides is 1. The van der Waals surface area contributed by atoms with E-state index < -0.39 is 0 Å². The molecule has 0 radical (unpaired) electrons. The van der Waals surface area contributed by atoms with Crippen LogP contribution in [0.2, 0.25) is 0 Å².